The third-order valence-electron chi connectivity index (χ3n) is 6.26. The minimum Gasteiger partial charge on any atom is -0.478 e. The number of aromatic carboxylic acids is 1. The third kappa shape index (κ3) is 5.80. The summed E-state index contributed by atoms with van der Waals surface area (Å²) in [4.78, 5) is 39.5. The van der Waals surface area contributed by atoms with E-state index in [0.717, 1.165) is 22.4 Å². The molecule has 0 aliphatic carbocycles. The Balaban J connectivity index is 1.59. The number of nitrogens with one attached hydrogen (secondary N) is 1. The fraction of sp³-hybridized carbons (Fsp3) is 0.276. The molecule has 0 saturated heterocycles. The molecule has 1 aliphatic rings. The number of amides is 2. The van der Waals surface area contributed by atoms with Crippen molar-refractivity contribution in [2.75, 3.05) is 4.90 Å². The maximum atomic E-state index is 13.6. The molecule has 4 rings (SSSR count). The van der Waals surface area contributed by atoms with E-state index >= 15 is 0 Å². The van der Waals surface area contributed by atoms with Crippen molar-refractivity contribution in [3.63, 3.8) is 0 Å². The molecule has 0 fully saturated rings. The second kappa shape index (κ2) is 10.3. The number of para-hydroxylation sites is 1. The number of nitrogens with zero attached hydrogens (tertiary/aromatic N) is 1. The van der Waals surface area contributed by atoms with E-state index in [0.29, 0.717) is 24.9 Å². The van der Waals surface area contributed by atoms with Crippen LogP contribution in [-0.4, -0.2) is 34.5 Å². The van der Waals surface area contributed by atoms with Crippen LogP contribution in [0, 0.1) is 0 Å². The van der Waals surface area contributed by atoms with E-state index in [1.807, 2.05) is 54.6 Å². The van der Waals surface area contributed by atoms with Crippen molar-refractivity contribution in [1.82, 2.24) is 5.32 Å². The lowest BCUT2D eigenvalue weighted by molar-refractivity contribution is -0.128. The molecule has 3 aromatic carbocycles. The van der Waals surface area contributed by atoms with Crippen molar-refractivity contribution in [1.29, 1.82) is 0 Å². The first-order chi connectivity index (χ1) is 17.1. The van der Waals surface area contributed by atoms with E-state index in [9.17, 15) is 19.5 Å². The van der Waals surface area contributed by atoms with Crippen molar-refractivity contribution in [2.24, 2.45) is 5.73 Å². The van der Waals surface area contributed by atoms with E-state index in [1.165, 1.54) is 0 Å². The summed E-state index contributed by atoms with van der Waals surface area (Å²) in [5.41, 5.74) is 9.77. The van der Waals surface area contributed by atoms with Gasteiger partial charge in [0.1, 0.15) is 6.04 Å². The standard InChI is InChI=1S/C29H31N3O4/c1-29(2,30)17-26(33)31-24-16-15-21-7-3-6-10-25(21)32(27(24)34)18-19-11-13-20(14-12-19)22-8-4-5-9-23(22)28(35)36/h3-14,24H,15-18,30H2,1-2H3,(H,31,33)(H,35,36). The average Bonchev–Trinajstić information content (AvgIpc) is 2.96. The number of hydrogen-bond acceptors (Lipinski definition) is 4. The number of carboxylic acid groups (broad SMARTS) is 1. The average molecular weight is 486 g/mol. The van der Waals surface area contributed by atoms with Crippen LogP contribution in [0.5, 0.6) is 0 Å². The third-order valence-corrected chi connectivity index (χ3v) is 6.26. The molecule has 7 nitrogen and oxygen atoms in total. The van der Waals surface area contributed by atoms with Crippen molar-refractivity contribution in [2.45, 2.75) is 51.2 Å². The largest absolute Gasteiger partial charge is 0.478 e. The Morgan fingerprint density at radius 3 is 2.39 bits per heavy atom. The first kappa shape index (κ1) is 25.1. The number of carbonyl (C=O) groups excluding carboxylic acids is 2. The van der Waals surface area contributed by atoms with Crippen LogP contribution in [0.2, 0.25) is 0 Å². The molecule has 36 heavy (non-hydrogen) atoms. The summed E-state index contributed by atoms with van der Waals surface area (Å²) in [5.74, 6) is -1.39. The summed E-state index contributed by atoms with van der Waals surface area (Å²) in [6, 6.07) is 21.6. The Kier molecular flexibility index (Phi) is 7.22. The van der Waals surface area contributed by atoms with Gasteiger partial charge in [-0.15, -0.1) is 0 Å². The molecule has 0 spiro atoms. The number of anilines is 1. The molecule has 3 aromatic rings. The van der Waals surface area contributed by atoms with Gasteiger partial charge in [0.05, 0.1) is 12.1 Å². The second-order valence-electron chi connectivity index (χ2n) is 9.92. The molecule has 2 amide bonds. The van der Waals surface area contributed by atoms with E-state index in [-0.39, 0.29) is 23.8 Å². The van der Waals surface area contributed by atoms with Crippen LogP contribution >= 0.6 is 0 Å². The Morgan fingerprint density at radius 1 is 1.03 bits per heavy atom. The second-order valence-corrected chi connectivity index (χ2v) is 9.92. The monoisotopic (exact) mass is 485 g/mol. The van der Waals surface area contributed by atoms with E-state index in [1.54, 1.807) is 36.9 Å². The summed E-state index contributed by atoms with van der Waals surface area (Å²) >= 11 is 0. The van der Waals surface area contributed by atoms with E-state index < -0.39 is 17.6 Å². The van der Waals surface area contributed by atoms with Gasteiger partial charge in [-0.2, -0.15) is 0 Å². The summed E-state index contributed by atoms with van der Waals surface area (Å²) in [7, 11) is 0. The maximum Gasteiger partial charge on any atom is 0.336 e. The molecule has 0 radical (unpaired) electrons. The SMILES string of the molecule is CC(C)(N)CC(=O)NC1CCc2ccccc2N(Cc2ccc(-c3ccccc3C(=O)O)cc2)C1=O. The lowest BCUT2D eigenvalue weighted by atomic mass is 9.98. The molecule has 1 atom stereocenters. The van der Waals surface area contributed by atoms with Crippen LogP contribution in [0.25, 0.3) is 11.1 Å². The molecular weight excluding hydrogens is 454 g/mol. The van der Waals surface area contributed by atoms with Gasteiger partial charge < -0.3 is 21.1 Å². The number of aryl methyl sites for hydroxylation is 1. The zero-order chi connectivity index (χ0) is 25.9. The molecule has 186 valence electrons. The number of nitrogens with two attached hydrogens (primary N) is 1. The van der Waals surface area contributed by atoms with Crippen molar-refractivity contribution in [3.05, 3.63) is 89.5 Å². The van der Waals surface area contributed by atoms with Gasteiger partial charge in [-0.1, -0.05) is 60.7 Å². The first-order valence-corrected chi connectivity index (χ1v) is 12.0. The molecule has 1 aliphatic heterocycles. The van der Waals surface area contributed by atoms with E-state index in [2.05, 4.69) is 5.32 Å². The molecule has 0 aromatic heterocycles. The molecule has 1 unspecified atom stereocenters. The van der Waals surface area contributed by atoms with Gasteiger partial charge in [0.25, 0.3) is 0 Å². The normalized spacial score (nSPS) is 15.7. The predicted molar refractivity (Wildman–Crippen MR) is 140 cm³/mol. The van der Waals surface area contributed by atoms with Crippen molar-refractivity contribution < 1.29 is 19.5 Å². The molecule has 4 N–H and O–H groups in total. The fourth-order valence-electron chi connectivity index (χ4n) is 4.57. The Labute approximate surface area is 210 Å². The maximum absolute atomic E-state index is 13.6. The van der Waals surface area contributed by atoms with Crippen LogP contribution in [0.15, 0.2) is 72.8 Å². The van der Waals surface area contributed by atoms with Gasteiger partial charge in [0.2, 0.25) is 11.8 Å². The van der Waals surface area contributed by atoms with Gasteiger partial charge in [0.15, 0.2) is 0 Å². The van der Waals surface area contributed by atoms with Crippen LogP contribution in [-0.2, 0) is 22.6 Å². The smallest absolute Gasteiger partial charge is 0.336 e. The number of benzene rings is 3. The van der Waals surface area contributed by atoms with Gasteiger partial charge in [-0.05, 0) is 61.1 Å². The number of hydrogen-bond donors (Lipinski definition) is 3. The van der Waals surface area contributed by atoms with Gasteiger partial charge >= 0.3 is 5.97 Å². The van der Waals surface area contributed by atoms with Crippen LogP contribution < -0.4 is 16.0 Å². The summed E-state index contributed by atoms with van der Waals surface area (Å²) in [5, 5.41) is 12.4. The summed E-state index contributed by atoms with van der Waals surface area (Å²) in [6.45, 7) is 3.88. The molecule has 0 saturated carbocycles. The zero-order valence-corrected chi connectivity index (χ0v) is 20.5. The number of carbonyl (C=O) groups is 3. The molecule has 0 bridgehead atoms. The van der Waals surface area contributed by atoms with Crippen LogP contribution in [0.4, 0.5) is 5.69 Å². The van der Waals surface area contributed by atoms with Gasteiger partial charge in [0, 0.05) is 17.6 Å². The number of carboxylic acids is 1. The minimum absolute atomic E-state index is 0.128. The van der Waals surface area contributed by atoms with E-state index in [4.69, 9.17) is 5.73 Å². The lowest BCUT2D eigenvalue weighted by Gasteiger charge is -2.27. The highest BCUT2D eigenvalue weighted by atomic mass is 16.4. The van der Waals surface area contributed by atoms with Gasteiger partial charge in [-0.3, -0.25) is 9.59 Å². The molecule has 1 heterocycles. The zero-order valence-electron chi connectivity index (χ0n) is 20.5. The van der Waals surface area contributed by atoms with Crippen LogP contribution in [0.3, 0.4) is 0 Å². The lowest BCUT2D eigenvalue weighted by Crippen LogP contribution is -2.49. The van der Waals surface area contributed by atoms with Gasteiger partial charge in [-0.25, -0.2) is 4.79 Å². The van der Waals surface area contributed by atoms with Crippen LogP contribution in [0.1, 0.15) is 48.2 Å². The first-order valence-electron chi connectivity index (χ1n) is 12.0. The highest BCUT2D eigenvalue weighted by Gasteiger charge is 2.32. The summed E-state index contributed by atoms with van der Waals surface area (Å²) in [6.07, 6.45) is 1.30. The Bertz CT molecular complexity index is 1280. The minimum atomic E-state index is -0.979. The van der Waals surface area contributed by atoms with Crippen molar-refractivity contribution >= 4 is 23.5 Å². The Hall–Kier alpha value is -3.97. The molecule has 7 heteroatoms. The highest BCUT2D eigenvalue weighted by molar-refractivity contribution is 6.00. The Morgan fingerprint density at radius 2 is 1.69 bits per heavy atom. The molecular formula is C29H31N3O4. The fourth-order valence-corrected chi connectivity index (χ4v) is 4.57. The number of fused-ring (bicyclic) bond motifs is 1. The topological polar surface area (TPSA) is 113 Å². The quantitative estimate of drug-likeness (QED) is 0.466. The highest BCUT2D eigenvalue weighted by Crippen LogP contribution is 2.30. The predicted octanol–water partition coefficient (Wildman–Crippen LogP) is 4.14. The number of rotatable bonds is 7. The summed E-state index contributed by atoms with van der Waals surface area (Å²) < 4.78 is 0. The van der Waals surface area contributed by atoms with Crippen molar-refractivity contribution in [3.8, 4) is 11.1 Å².